The van der Waals surface area contributed by atoms with Crippen LogP contribution in [0.5, 0.6) is 0 Å². The second-order valence-corrected chi connectivity index (χ2v) is 9.76. The summed E-state index contributed by atoms with van der Waals surface area (Å²) in [6.07, 6.45) is 1.67. The van der Waals surface area contributed by atoms with Crippen LogP contribution in [0, 0.1) is 0 Å². The molecule has 9 nitrogen and oxygen atoms in total. The molecule has 4 rings (SSSR count). The number of cyclic esters (lactones) is 1. The first-order valence-electron chi connectivity index (χ1n) is 11.4. The summed E-state index contributed by atoms with van der Waals surface area (Å²) in [6.45, 7) is 9.58. The number of hydrogen-bond donors (Lipinski definition) is 1. The zero-order valence-corrected chi connectivity index (χ0v) is 20.0. The van der Waals surface area contributed by atoms with E-state index in [1.165, 1.54) is 0 Å². The molecule has 2 amide bonds. The van der Waals surface area contributed by atoms with Crippen molar-refractivity contribution in [2.75, 3.05) is 36.4 Å². The number of carbonyl (C=O) groups excluding carboxylic acids is 3. The van der Waals surface area contributed by atoms with Crippen LogP contribution in [-0.2, 0) is 20.7 Å². The predicted octanol–water partition coefficient (Wildman–Crippen LogP) is 3.25. The smallest absolute Gasteiger partial charge is 0.410 e. The predicted molar refractivity (Wildman–Crippen MR) is 127 cm³/mol. The molecule has 180 valence electrons. The lowest BCUT2D eigenvalue weighted by atomic mass is 9.89. The van der Waals surface area contributed by atoms with E-state index < -0.39 is 23.1 Å². The molecule has 2 aromatic rings. The molecule has 2 aliphatic rings. The summed E-state index contributed by atoms with van der Waals surface area (Å²) in [5.41, 5.74) is 0.330. The van der Waals surface area contributed by atoms with Gasteiger partial charge in [0.1, 0.15) is 11.4 Å². The van der Waals surface area contributed by atoms with Gasteiger partial charge in [0, 0.05) is 32.6 Å². The largest absolute Gasteiger partial charge is 0.445 e. The molecule has 0 radical (unpaired) electrons. The SMILES string of the molecule is CC(C)(C)OC(=O)N1CCN(c2ccc(NC(=O)C3(C)Cc4ccccc4C(=O)O3)nc2)CC1. The number of carbonyl (C=O) groups is 3. The molecule has 0 spiro atoms. The van der Waals surface area contributed by atoms with Crippen LogP contribution in [0.2, 0.25) is 0 Å². The Balaban J connectivity index is 1.34. The van der Waals surface area contributed by atoms with Gasteiger partial charge in [-0.15, -0.1) is 0 Å². The molecule has 1 aromatic heterocycles. The van der Waals surface area contributed by atoms with Crippen molar-refractivity contribution in [2.45, 2.75) is 45.3 Å². The molecule has 0 bridgehead atoms. The maximum absolute atomic E-state index is 12.9. The lowest BCUT2D eigenvalue weighted by Gasteiger charge is -2.36. The molecular formula is C25H30N4O5. The molecule has 1 aromatic carbocycles. The van der Waals surface area contributed by atoms with E-state index in [1.54, 1.807) is 36.2 Å². The zero-order chi connectivity index (χ0) is 24.5. The normalized spacial score (nSPS) is 20.3. The number of ether oxygens (including phenoxy) is 2. The Hall–Kier alpha value is -3.62. The Kier molecular flexibility index (Phi) is 6.20. The van der Waals surface area contributed by atoms with Crippen molar-refractivity contribution in [3.05, 3.63) is 53.7 Å². The Morgan fingerprint density at radius 3 is 2.44 bits per heavy atom. The van der Waals surface area contributed by atoms with E-state index in [2.05, 4.69) is 15.2 Å². The first kappa shape index (κ1) is 23.5. The number of esters is 1. The monoisotopic (exact) mass is 466 g/mol. The second kappa shape index (κ2) is 8.96. The minimum absolute atomic E-state index is 0.292. The van der Waals surface area contributed by atoms with Gasteiger partial charge < -0.3 is 24.6 Å². The van der Waals surface area contributed by atoms with Gasteiger partial charge in [0.05, 0.1) is 17.4 Å². The maximum Gasteiger partial charge on any atom is 0.410 e. The highest BCUT2D eigenvalue weighted by Gasteiger charge is 2.42. The summed E-state index contributed by atoms with van der Waals surface area (Å²) in [7, 11) is 0. The topological polar surface area (TPSA) is 101 Å². The molecule has 2 aliphatic heterocycles. The van der Waals surface area contributed by atoms with E-state index in [0.29, 0.717) is 44.0 Å². The van der Waals surface area contributed by atoms with Crippen LogP contribution in [0.15, 0.2) is 42.6 Å². The van der Waals surface area contributed by atoms with Crippen LogP contribution in [0.1, 0.15) is 43.6 Å². The highest BCUT2D eigenvalue weighted by atomic mass is 16.6. The number of amides is 2. The number of piperazine rings is 1. The molecule has 1 N–H and O–H groups in total. The molecule has 9 heteroatoms. The zero-order valence-electron chi connectivity index (χ0n) is 20.0. The fourth-order valence-corrected chi connectivity index (χ4v) is 4.03. The molecule has 1 atom stereocenters. The van der Waals surface area contributed by atoms with E-state index in [4.69, 9.17) is 9.47 Å². The van der Waals surface area contributed by atoms with Gasteiger partial charge in [-0.05, 0) is 51.5 Å². The first-order chi connectivity index (χ1) is 16.0. The van der Waals surface area contributed by atoms with Crippen molar-refractivity contribution in [3.63, 3.8) is 0 Å². The summed E-state index contributed by atoms with van der Waals surface area (Å²) in [5.74, 6) is -0.563. The number of benzene rings is 1. The van der Waals surface area contributed by atoms with Gasteiger partial charge in [0.25, 0.3) is 5.91 Å². The van der Waals surface area contributed by atoms with E-state index in [9.17, 15) is 14.4 Å². The Morgan fingerprint density at radius 1 is 1.09 bits per heavy atom. The van der Waals surface area contributed by atoms with Crippen LogP contribution in [0.25, 0.3) is 0 Å². The first-order valence-corrected chi connectivity index (χ1v) is 11.4. The molecule has 0 saturated carbocycles. The molecule has 3 heterocycles. The van der Waals surface area contributed by atoms with Crippen LogP contribution < -0.4 is 10.2 Å². The van der Waals surface area contributed by atoms with Gasteiger partial charge in [0.15, 0.2) is 5.60 Å². The standard InChI is InChI=1S/C25H30N4O5/c1-24(2,3)34-23(32)29-13-11-28(12-14-29)18-9-10-20(26-16-18)27-22(31)25(4)15-17-7-5-6-8-19(17)21(30)33-25/h5-10,16H,11-15H2,1-4H3,(H,26,27,31). The third kappa shape index (κ3) is 5.13. The average Bonchev–Trinajstić information content (AvgIpc) is 2.78. The number of hydrogen-bond acceptors (Lipinski definition) is 7. The number of anilines is 2. The molecule has 1 fully saturated rings. The number of fused-ring (bicyclic) bond motifs is 1. The van der Waals surface area contributed by atoms with Crippen molar-refractivity contribution in [1.82, 2.24) is 9.88 Å². The maximum atomic E-state index is 12.9. The Labute approximate surface area is 199 Å². The van der Waals surface area contributed by atoms with Gasteiger partial charge in [-0.1, -0.05) is 18.2 Å². The summed E-state index contributed by atoms with van der Waals surface area (Å²) in [4.78, 5) is 45.7. The van der Waals surface area contributed by atoms with Crippen molar-refractivity contribution < 1.29 is 23.9 Å². The number of aromatic nitrogens is 1. The second-order valence-electron chi connectivity index (χ2n) is 9.76. The molecule has 34 heavy (non-hydrogen) atoms. The van der Waals surface area contributed by atoms with Crippen LogP contribution in [-0.4, -0.2) is 65.2 Å². The number of rotatable bonds is 3. The van der Waals surface area contributed by atoms with Crippen molar-refractivity contribution in [1.29, 1.82) is 0 Å². The Bertz CT molecular complexity index is 1090. The summed E-state index contributed by atoms with van der Waals surface area (Å²) >= 11 is 0. The van der Waals surface area contributed by atoms with E-state index >= 15 is 0 Å². The Morgan fingerprint density at radius 2 is 1.79 bits per heavy atom. The molecule has 1 unspecified atom stereocenters. The van der Waals surface area contributed by atoms with Crippen LogP contribution >= 0.6 is 0 Å². The van der Waals surface area contributed by atoms with E-state index in [0.717, 1.165) is 11.3 Å². The number of nitrogens with zero attached hydrogens (tertiary/aromatic N) is 3. The summed E-state index contributed by atoms with van der Waals surface area (Å²) in [5, 5.41) is 2.76. The van der Waals surface area contributed by atoms with Crippen molar-refractivity contribution in [2.24, 2.45) is 0 Å². The lowest BCUT2D eigenvalue weighted by molar-refractivity contribution is -0.134. The van der Waals surface area contributed by atoms with Crippen LogP contribution in [0.4, 0.5) is 16.3 Å². The quantitative estimate of drug-likeness (QED) is 0.693. The van der Waals surface area contributed by atoms with Gasteiger partial charge in [-0.3, -0.25) is 4.79 Å². The fourth-order valence-electron chi connectivity index (χ4n) is 4.03. The minimum Gasteiger partial charge on any atom is -0.445 e. The third-order valence-corrected chi connectivity index (χ3v) is 5.85. The summed E-state index contributed by atoms with van der Waals surface area (Å²) < 4.78 is 10.9. The molecule has 1 saturated heterocycles. The van der Waals surface area contributed by atoms with Gasteiger partial charge >= 0.3 is 12.1 Å². The lowest BCUT2D eigenvalue weighted by Crippen LogP contribution is -2.50. The molecular weight excluding hydrogens is 436 g/mol. The number of nitrogens with one attached hydrogen (secondary N) is 1. The highest BCUT2D eigenvalue weighted by Crippen LogP contribution is 2.29. The van der Waals surface area contributed by atoms with E-state index in [1.807, 2.05) is 39.0 Å². The van der Waals surface area contributed by atoms with E-state index in [-0.39, 0.29) is 6.09 Å². The number of pyridine rings is 1. The summed E-state index contributed by atoms with van der Waals surface area (Å²) in [6, 6.07) is 10.7. The fraction of sp³-hybridized carbons (Fsp3) is 0.440. The van der Waals surface area contributed by atoms with Gasteiger partial charge in [-0.2, -0.15) is 0 Å². The van der Waals surface area contributed by atoms with Crippen LogP contribution in [0.3, 0.4) is 0 Å². The van der Waals surface area contributed by atoms with Crippen molar-refractivity contribution >= 4 is 29.5 Å². The van der Waals surface area contributed by atoms with Gasteiger partial charge in [-0.25, -0.2) is 14.6 Å². The minimum atomic E-state index is -1.32. The van der Waals surface area contributed by atoms with Gasteiger partial charge in [0.2, 0.25) is 0 Å². The molecule has 0 aliphatic carbocycles. The third-order valence-electron chi connectivity index (χ3n) is 5.85. The average molecular weight is 467 g/mol. The van der Waals surface area contributed by atoms with Crippen molar-refractivity contribution in [3.8, 4) is 0 Å². The highest BCUT2D eigenvalue weighted by molar-refractivity contribution is 6.02.